The van der Waals surface area contributed by atoms with Crippen molar-refractivity contribution in [3.8, 4) is 0 Å². The Labute approximate surface area is 153 Å². The van der Waals surface area contributed by atoms with Crippen LogP contribution in [0.1, 0.15) is 0 Å². The molecule has 0 radical (unpaired) electrons. The van der Waals surface area contributed by atoms with E-state index in [4.69, 9.17) is 0 Å². The van der Waals surface area contributed by atoms with Gasteiger partial charge in [0.1, 0.15) is 11.0 Å². The van der Waals surface area contributed by atoms with Crippen LogP contribution in [0.4, 0.5) is 0 Å². The average Bonchev–Trinajstić information content (AvgIpc) is 2.72. The monoisotopic (exact) mass is 380 g/mol. The third kappa shape index (κ3) is 2.94. The van der Waals surface area contributed by atoms with Gasteiger partial charge in [-0.25, -0.2) is 9.59 Å². The molecule has 0 N–H and O–H groups in total. The van der Waals surface area contributed by atoms with Gasteiger partial charge in [-0.2, -0.15) is 0 Å². The van der Waals surface area contributed by atoms with Gasteiger partial charge in [0, 0.05) is 0 Å². The molecular weight excluding hydrogens is 372 g/mol. The number of benzene rings is 2. The molecule has 4 aromatic rings. The Morgan fingerprint density at radius 2 is 1.07 bits per heavy atom. The highest BCUT2D eigenvalue weighted by molar-refractivity contribution is 6.29. The second-order valence-electron chi connectivity index (χ2n) is 5.33. The molecule has 28 heavy (non-hydrogen) atoms. The lowest BCUT2D eigenvalue weighted by Crippen LogP contribution is -2.43. The van der Waals surface area contributed by atoms with Gasteiger partial charge in [-0.05, 0) is 44.4 Å². The van der Waals surface area contributed by atoms with E-state index in [1.165, 1.54) is 24.3 Å². The van der Waals surface area contributed by atoms with Crippen LogP contribution in [0.15, 0.2) is 58.1 Å². The van der Waals surface area contributed by atoms with E-state index in [-0.39, 0.29) is 31.5 Å². The lowest BCUT2D eigenvalue weighted by molar-refractivity contribution is -0.171. The molecular formula is C16H8N6O6. The van der Waals surface area contributed by atoms with Crippen LogP contribution in [0.25, 0.3) is 21.8 Å². The van der Waals surface area contributed by atoms with Crippen LogP contribution in [0.2, 0.25) is 0 Å². The van der Waals surface area contributed by atoms with Crippen molar-refractivity contribution in [3.05, 3.63) is 69.2 Å². The fraction of sp³-hybridized carbons (Fsp3) is 0. The molecule has 138 valence electrons. The first kappa shape index (κ1) is 17.0. The molecule has 0 aliphatic heterocycles. The fourth-order valence-electron chi connectivity index (χ4n) is 2.30. The van der Waals surface area contributed by atoms with Gasteiger partial charge in [0.2, 0.25) is 0 Å². The lowest BCUT2D eigenvalue weighted by atomic mass is 10.2. The Morgan fingerprint density at radius 1 is 0.679 bits per heavy atom. The number of fused-ring (bicyclic) bond motifs is 2. The van der Waals surface area contributed by atoms with E-state index < -0.39 is 23.1 Å². The summed E-state index contributed by atoms with van der Waals surface area (Å²) in [6, 6.07) is 12.4. The molecule has 12 nitrogen and oxygen atoms in total. The largest absolute Gasteiger partial charge is 0.445 e. The van der Waals surface area contributed by atoms with Gasteiger partial charge in [-0.1, -0.05) is 24.3 Å². The number of aromatic nitrogens is 6. The molecule has 2 aromatic heterocycles. The first-order valence-electron chi connectivity index (χ1n) is 7.69. The molecule has 0 aliphatic rings. The Kier molecular flexibility index (Phi) is 4.04. The standard InChI is InChI=1S/C16H8N6O6/c23-13-9-5-1-3-7-11(9)17-19-21(13)27-15(25)16(26)28-22-14(24)10-6-2-4-8-12(10)18-20-22/h1-8H. The van der Waals surface area contributed by atoms with Crippen LogP contribution in [-0.4, -0.2) is 42.3 Å². The van der Waals surface area contributed by atoms with Crippen LogP contribution in [0.3, 0.4) is 0 Å². The van der Waals surface area contributed by atoms with Gasteiger partial charge in [-0.3, -0.25) is 9.59 Å². The maximum atomic E-state index is 12.2. The van der Waals surface area contributed by atoms with Crippen molar-refractivity contribution in [2.75, 3.05) is 0 Å². The molecule has 2 aromatic carbocycles. The molecule has 0 bridgehead atoms. The van der Waals surface area contributed by atoms with Crippen LogP contribution in [0, 0.1) is 0 Å². The summed E-state index contributed by atoms with van der Waals surface area (Å²) in [6.45, 7) is 0. The van der Waals surface area contributed by atoms with E-state index in [1.54, 1.807) is 24.3 Å². The van der Waals surface area contributed by atoms with Crippen molar-refractivity contribution in [3.63, 3.8) is 0 Å². The van der Waals surface area contributed by atoms with E-state index in [0.29, 0.717) is 0 Å². The second kappa shape index (κ2) is 6.68. The number of hydrogen-bond acceptors (Lipinski definition) is 10. The average molecular weight is 380 g/mol. The van der Waals surface area contributed by atoms with Gasteiger partial charge in [0.25, 0.3) is 0 Å². The minimum Gasteiger partial charge on any atom is -0.302 e. The van der Waals surface area contributed by atoms with E-state index in [0.717, 1.165) is 0 Å². The summed E-state index contributed by atoms with van der Waals surface area (Å²) in [5.41, 5.74) is -1.07. The van der Waals surface area contributed by atoms with Crippen molar-refractivity contribution >= 4 is 33.7 Å². The third-order valence-corrected chi connectivity index (χ3v) is 3.59. The highest BCUT2D eigenvalue weighted by Gasteiger charge is 2.23. The van der Waals surface area contributed by atoms with Crippen LogP contribution >= 0.6 is 0 Å². The normalized spacial score (nSPS) is 10.7. The first-order chi connectivity index (χ1) is 13.5. The molecule has 0 aliphatic carbocycles. The molecule has 4 rings (SSSR count). The summed E-state index contributed by atoms with van der Waals surface area (Å²) in [4.78, 5) is 57.8. The van der Waals surface area contributed by atoms with Gasteiger partial charge in [0.15, 0.2) is 0 Å². The molecule has 0 saturated heterocycles. The molecule has 0 fully saturated rings. The van der Waals surface area contributed by atoms with Crippen molar-refractivity contribution in [2.45, 2.75) is 0 Å². The predicted molar refractivity (Wildman–Crippen MR) is 90.8 cm³/mol. The Balaban J connectivity index is 1.57. The number of carbonyl (C=O) groups excluding carboxylic acids is 2. The van der Waals surface area contributed by atoms with Crippen LogP contribution < -0.4 is 20.8 Å². The van der Waals surface area contributed by atoms with Crippen molar-refractivity contribution < 1.29 is 19.3 Å². The number of nitrogens with zero attached hydrogens (tertiary/aromatic N) is 6. The predicted octanol–water partition coefficient (Wildman–Crippen LogP) is -1.49. The van der Waals surface area contributed by atoms with Crippen molar-refractivity contribution in [1.82, 2.24) is 30.3 Å². The van der Waals surface area contributed by atoms with Crippen molar-refractivity contribution in [1.29, 1.82) is 0 Å². The molecule has 0 unspecified atom stereocenters. The Hall–Kier alpha value is -4.48. The molecule has 0 spiro atoms. The molecule has 2 heterocycles. The topological polar surface area (TPSA) is 148 Å². The molecule has 12 heteroatoms. The molecule has 0 amide bonds. The van der Waals surface area contributed by atoms with Crippen LogP contribution in [0.5, 0.6) is 0 Å². The smallest absolute Gasteiger partial charge is 0.302 e. The van der Waals surface area contributed by atoms with E-state index in [9.17, 15) is 19.2 Å². The van der Waals surface area contributed by atoms with E-state index in [1.807, 2.05) is 0 Å². The zero-order valence-corrected chi connectivity index (χ0v) is 13.8. The molecule has 0 atom stereocenters. The number of rotatable bonds is 2. The minimum atomic E-state index is -1.62. The second-order valence-corrected chi connectivity index (χ2v) is 5.33. The summed E-state index contributed by atoms with van der Waals surface area (Å²) in [5.74, 6) is -3.23. The van der Waals surface area contributed by atoms with Crippen LogP contribution in [-0.2, 0) is 9.59 Å². The third-order valence-electron chi connectivity index (χ3n) is 3.59. The van der Waals surface area contributed by atoms with Gasteiger partial charge in [0.05, 0.1) is 10.8 Å². The summed E-state index contributed by atoms with van der Waals surface area (Å²) in [7, 11) is 0. The fourth-order valence-corrected chi connectivity index (χ4v) is 2.30. The SMILES string of the molecule is O=C(On1nnc2ccccc2c1=O)C(=O)On1nnc2ccccc2c1=O. The molecule has 0 saturated carbocycles. The summed E-state index contributed by atoms with van der Waals surface area (Å²) in [6.07, 6.45) is 0. The summed E-state index contributed by atoms with van der Waals surface area (Å²) < 4.78 is 0. The maximum absolute atomic E-state index is 12.2. The van der Waals surface area contributed by atoms with Gasteiger partial charge >= 0.3 is 23.1 Å². The first-order valence-corrected chi connectivity index (χ1v) is 7.69. The lowest BCUT2D eigenvalue weighted by Gasteiger charge is -2.05. The minimum absolute atomic E-state index is 0.121. The Morgan fingerprint density at radius 3 is 1.50 bits per heavy atom. The van der Waals surface area contributed by atoms with Gasteiger partial charge in [-0.15, -0.1) is 10.2 Å². The van der Waals surface area contributed by atoms with E-state index in [2.05, 4.69) is 30.3 Å². The number of carbonyl (C=O) groups is 2. The Bertz CT molecular complexity index is 1260. The van der Waals surface area contributed by atoms with E-state index >= 15 is 0 Å². The van der Waals surface area contributed by atoms with Gasteiger partial charge < -0.3 is 9.68 Å². The quantitative estimate of drug-likeness (QED) is 0.297. The number of hydrogen-bond donors (Lipinski definition) is 0. The zero-order valence-electron chi connectivity index (χ0n) is 13.8. The summed E-state index contributed by atoms with van der Waals surface area (Å²) >= 11 is 0. The zero-order chi connectivity index (χ0) is 19.7. The highest BCUT2D eigenvalue weighted by Crippen LogP contribution is 2.03. The van der Waals surface area contributed by atoms with Crippen molar-refractivity contribution in [2.24, 2.45) is 0 Å². The summed E-state index contributed by atoms with van der Waals surface area (Å²) in [5, 5.41) is 14.4. The maximum Gasteiger partial charge on any atom is 0.445 e. The highest BCUT2D eigenvalue weighted by atomic mass is 16.8.